The first kappa shape index (κ1) is 17.9. The van der Waals surface area contributed by atoms with Gasteiger partial charge in [0.2, 0.25) is 5.91 Å². The smallest absolute Gasteiger partial charge is 0.220 e. The van der Waals surface area contributed by atoms with Crippen LogP contribution in [-0.4, -0.2) is 17.1 Å². The molecule has 1 amide bonds. The highest BCUT2D eigenvalue weighted by atomic mass is 35.5. The Balaban J connectivity index is 1.79. The fraction of sp³-hybridized carbons (Fsp3) is 0.353. The van der Waals surface area contributed by atoms with Crippen LogP contribution in [0.4, 0.5) is 0 Å². The van der Waals surface area contributed by atoms with Gasteiger partial charge in [-0.1, -0.05) is 35.3 Å². The second-order valence-corrected chi connectivity index (χ2v) is 6.23. The van der Waals surface area contributed by atoms with Crippen LogP contribution in [0.3, 0.4) is 0 Å². The molecule has 0 radical (unpaired) electrons. The number of rotatable bonds is 7. The number of furan rings is 1. The molecule has 6 heteroatoms. The average molecular weight is 356 g/mol. The lowest BCUT2D eigenvalue weighted by Crippen LogP contribution is -2.33. The van der Waals surface area contributed by atoms with Crippen LogP contribution in [0.5, 0.6) is 0 Å². The van der Waals surface area contributed by atoms with Crippen molar-refractivity contribution in [2.45, 2.75) is 38.3 Å². The van der Waals surface area contributed by atoms with Gasteiger partial charge < -0.3 is 14.8 Å². The Morgan fingerprint density at radius 2 is 2.09 bits per heavy atom. The van der Waals surface area contributed by atoms with Crippen LogP contribution in [-0.2, 0) is 11.2 Å². The number of halogens is 2. The summed E-state index contributed by atoms with van der Waals surface area (Å²) in [5.41, 5.74) is 0.845. The Bertz CT molecular complexity index is 643. The Hall–Kier alpha value is -1.49. The third-order valence-electron chi connectivity index (χ3n) is 3.51. The number of amides is 1. The molecule has 4 nitrogen and oxygen atoms in total. The summed E-state index contributed by atoms with van der Waals surface area (Å²) in [6, 6.07) is 8.63. The molecule has 0 unspecified atom stereocenters. The molecule has 124 valence electrons. The van der Waals surface area contributed by atoms with Crippen LogP contribution in [0.15, 0.2) is 41.0 Å². The number of carbonyl (C=O) groups is 1. The second kappa shape index (κ2) is 8.39. The minimum Gasteiger partial charge on any atom is -0.467 e. The molecule has 0 bridgehead atoms. The van der Waals surface area contributed by atoms with Gasteiger partial charge in [0.25, 0.3) is 0 Å². The second-order valence-electron chi connectivity index (χ2n) is 5.45. The van der Waals surface area contributed by atoms with Gasteiger partial charge in [0.15, 0.2) is 0 Å². The van der Waals surface area contributed by atoms with Gasteiger partial charge in [-0.25, -0.2) is 0 Å². The molecule has 0 aliphatic rings. The van der Waals surface area contributed by atoms with E-state index < -0.39 is 6.10 Å². The van der Waals surface area contributed by atoms with Gasteiger partial charge in [-0.15, -0.1) is 0 Å². The van der Waals surface area contributed by atoms with E-state index in [0.29, 0.717) is 35.1 Å². The lowest BCUT2D eigenvalue weighted by Gasteiger charge is -2.17. The Morgan fingerprint density at radius 3 is 2.78 bits per heavy atom. The number of hydrogen-bond donors (Lipinski definition) is 2. The van der Waals surface area contributed by atoms with Gasteiger partial charge in [0, 0.05) is 18.9 Å². The molecular weight excluding hydrogens is 337 g/mol. The maximum Gasteiger partial charge on any atom is 0.220 e. The number of hydrogen-bond acceptors (Lipinski definition) is 3. The van der Waals surface area contributed by atoms with E-state index in [2.05, 4.69) is 5.32 Å². The standard InChI is InChI=1S/C17H19Cl2NO3/c1-11(10-14(21)15-6-3-9-23-15)20-16(22)8-7-12-4-2-5-13(18)17(12)19/h2-6,9,11,14,21H,7-8,10H2,1H3,(H,20,22)/t11-,14-/m1/s1. The van der Waals surface area contributed by atoms with Crippen LogP contribution in [0.2, 0.25) is 10.0 Å². The van der Waals surface area contributed by atoms with E-state index in [1.54, 1.807) is 18.2 Å². The van der Waals surface area contributed by atoms with Crippen LogP contribution in [0.25, 0.3) is 0 Å². The number of benzene rings is 1. The molecule has 0 saturated carbocycles. The maximum absolute atomic E-state index is 12.0. The van der Waals surface area contributed by atoms with Crippen molar-refractivity contribution >= 4 is 29.1 Å². The van der Waals surface area contributed by atoms with Crippen LogP contribution < -0.4 is 5.32 Å². The normalized spacial score (nSPS) is 13.6. The van der Waals surface area contributed by atoms with E-state index in [1.807, 2.05) is 19.1 Å². The van der Waals surface area contributed by atoms with Gasteiger partial charge in [0.1, 0.15) is 11.9 Å². The Morgan fingerprint density at radius 1 is 1.30 bits per heavy atom. The van der Waals surface area contributed by atoms with Crippen molar-refractivity contribution in [2.75, 3.05) is 0 Å². The molecule has 0 saturated heterocycles. The third kappa shape index (κ3) is 5.27. The fourth-order valence-electron chi connectivity index (χ4n) is 2.33. The van der Waals surface area contributed by atoms with Crippen molar-refractivity contribution < 1.29 is 14.3 Å². The topological polar surface area (TPSA) is 62.5 Å². The van der Waals surface area contributed by atoms with Gasteiger partial charge in [-0.2, -0.15) is 0 Å². The van der Waals surface area contributed by atoms with E-state index >= 15 is 0 Å². The summed E-state index contributed by atoms with van der Waals surface area (Å²) < 4.78 is 5.14. The third-order valence-corrected chi connectivity index (χ3v) is 4.37. The largest absolute Gasteiger partial charge is 0.467 e. The maximum atomic E-state index is 12.0. The summed E-state index contributed by atoms with van der Waals surface area (Å²) in [6.07, 6.45) is 1.98. The first-order chi connectivity index (χ1) is 11.0. The molecular formula is C17H19Cl2NO3. The lowest BCUT2D eigenvalue weighted by molar-refractivity contribution is -0.121. The van der Waals surface area contributed by atoms with Crippen molar-refractivity contribution in [1.82, 2.24) is 5.32 Å². The van der Waals surface area contributed by atoms with Gasteiger partial charge in [0.05, 0.1) is 16.3 Å². The van der Waals surface area contributed by atoms with Crippen molar-refractivity contribution in [3.63, 3.8) is 0 Å². The molecule has 0 aliphatic heterocycles. The monoisotopic (exact) mass is 355 g/mol. The Labute approximate surface area is 145 Å². The summed E-state index contributed by atoms with van der Waals surface area (Å²) in [5, 5.41) is 13.8. The zero-order valence-electron chi connectivity index (χ0n) is 12.8. The summed E-state index contributed by atoms with van der Waals surface area (Å²) in [7, 11) is 0. The average Bonchev–Trinajstić information content (AvgIpc) is 3.03. The number of carbonyl (C=O) groups excluding carboxylic acids is 1. The number of nitrogens with one attached hydrogen (secondary N) is 1. The predicted octanol–water partition coefficient (Wildman–Crippen LogP) is 4.15. The molecule has 1 aromatic heterocycles. The minimum absolute atomic E-state index is 0.0970. The molecule has 23 heavy (non-hydrogen) atoms. The van der Waals surface area contributed by atoms with Crippen molar-refractivity contribution in [2.24, 2.45) is 0 Å². The summed E-state index contributed by atoms with van der Waals surface area (Å²) >= 11 is 12.1. The first-order valence-corrected chi connectivity index (χ1v) is 8.16. The van der Waals surface area contributed by atoms with E-state index in [4.69, 9.17) is 27.6 Å². The van der Waals surface area contributed by atoms with Gasteiger partial charge in [-0.3, -0.25) is 4.79 Å². The van der Waals surface area contributed by atoms with Crippen LogP contribution in [0.1, 0.15) is 37.2 Å². The number of aryl methyl sites for hydroxylation is 1. The lowest BCUT2D eigenvalue weighted by atomic mass is 10.1. The molecule has 0 spiro atoms. The molecule has 2 N–H and O–H groups in total. The SMILES string of the molecule is C[C@H](C[C@@H](O)c1ccco1)NC(=O)CCc1cccc(Cl)c1Cl. The molecule has 0 fully saturated rings. The highest BCUT2D eigenvalue weighted by Crippen LogP contribution is 2.26. The minimum atomic E-state index is -0.734. The highest BCUT2D eigenvalue weighted by molar-refractivity contribution is 6.42. The summed E-state index contributed by atoms with van der Waals surface area (Å²) in [5.74, 6) is 0.400. The van der Waals surface area contributed by atoms with E-state index in [-0.39, 0.29) is 11.9 Å². The van der Waals surface area contributed by atoms with E-state index in [1.165, 1.54) is 6.26 Å². The van der Waals surface area contributed by atoms with Crippen LogP contribution >= 0.6 is 23.2 Å². The molecule has 2 atom stereocenters. The van der Waals surface area contributed by atoms with Crippen molar-refractivity contribution in [3.05, 3.63) is 58.0 Å². The fourth-order valence-corrected chi connectivity index (χ4v) is 2.74. The summed E-state index contributed by atoms with van der Waals surface area (Å²) in [6.45, 7) is 1.84. The van der Waals surface area contributed by atoms with E-state index in [9.17, 15) is 9.90 Å². The van der Waals surface area contributed by atoms with E-state index in [0.717, 1.165) is 5.56 Å². The van der Waals surface area contributed by atoms with Crippen LogP contribution in [0, 0.1) is 0 Å². The van der Waals surface area contributed by atoms with Gasteiger partial charge in [-0.05, 0) is 37.1 Å². The van der Waals surface area contributed by atoms with Crippen molar-refractivity contribution in [3.8, 4) is 0 Å². The molecule has 0 aliphatic carbocycles. The quantitative estimate of drug-likeness (QED) is 0.784. The molecule has 2 rings (SSSR count). The molecule has 2 aromatic rings. The Kier molecular flexibility index (Phi) is 6.51. The highest BCUT2D eigenvalue weighted by Gasteiger charge is 2.16. The molecule has 1 aromatic carbocycles. The predicted molar refractivity (Wildman–Crippen MR) is 90.7 cm³/mol. The number of aliphatic hydroxyl groups excluding tert-OH is 1. The first-order valence-electron chi connectivity index (χ1n) is 7.41. The molecule has 1 heterocycles. The number of aliphatic hydroxyl groups is 1. The van der Waals surface area contributed by atoms with Crippen molar-refractivity contribution in [1.29, 1.82) is 0 Å². The summed E-state index contributed by atoms with van der Waals surface area (Å²) in [4.78, 5) is 12.0. The zero-order chi connectivity index (χ0) is 16.8. The van der Waals surface area contributed by atoms with Gasteiger partial charge >= 0.3 is 0 Å². The zero-order valence-corrected chi connectivity index (χ0v) is 14.3.